The monoisotopic (exact) mass is 346 g/mol. The van der Waals surface area contributed by atoms with Gasteiger partial charge in [0.15, 0.2) is 0 Å². The number of thiazole rings is 1. The molecule has 6 nitrogen and oxygen atoms in total. The fraction of sp³-hybridized carbons (Fsp3) is 0.200. The molecule has 0 spiro atoms. The number of aromatic nitrogens is 3. The molecule has 0 saturated carbocycles. The molecule has 0 unspecified atom stereocenters. The van der Waals surface area contributed by atoms with Crippen LogP contribution in [0.4, 0.5) is 5.13 Å². The van der Waals surface area contributed by atoms with Crippen LogP contribution in [0.1, 0.15) is 26.1 Å². The highest BCUT2D eigenvalue weighted by Crippen LogP contribution is 2.18. The Morgan fingerprint density at radius 1 is 1.22 bits per heavy atom. The predicted molar refractivity (Wildman–Crippen MR) is 90.2 cm³/mol. The molecule has 2 aromatic heterocycles. The van der Waals surface area contributed by atoms with Gasteiger partial charge in [-0.2, -0.15) is 0 Å². The van der Waals surface area contributed by atoms with Crippen molar-refractivity contribution in [2.24, 2.45) is 0 Å². The van der Waals surface area contributed by atoms with E-state index in [9.17, 15) is 4.79 Å². The third kappa shape index (κ3) is 4.11. The molecule has 0 fully saturated rings. The largest absolute Gasteiger partial charge is 0.486 e. The van der Waals surface area contributed by atoms with Crippen molar-refractivity contribution in [1.82, 2.24) is 15.2 Å². The van der Waals surface area contributed by atoms with Crippen molar-refractivity contribution in [1.29, 1.82) is 0 Å². The van der Waals surface area contributed by atoms with Crippen LogP contribution in [0, 0.1) is 13.8 Å². The van der Waals surface area contributed by atoms with Gasteiger partial charge in [-0.3, -0.25) is 10.1 Å². The summed E-state index contributed by atoms with van der Waals surface area (Å²) in [5.41, 5.74) is 1.53. The summed E-state index contributed by atoms with van der Waals surface area (Å²) in [5.74, 6) is 0.476. The van der Waals surface area contributed by atoms with Gasteiger partial charge in [-0.25, -0.2) is 4.98 Å². The van der Waals surface area contributed by atoms with Gasteiger partial charge >= 0.3 is 0 Å². The van der Waals surface area contributed by atoms with E-state index in [2.05, 4.69) is 20.5 Å². The Balaban J connectivity index is 1.58. The number of hydrogen-bond acceptors (Lipinski definition) is 7. The van der Waals surface area contributed by atoms with Gasteiger partial charge in [-0.1, -0.05) is 11.3 Å². The highest BCUT2D eigenvalue weighted by molar-refractivity contribution is 7.15. The number of ether oxygens (including phenoxy) is 1. The number of carbonyl (C=O) groups excluding carboxylic acids is 1. The number of rotatable bonds is 5. The number of hydrogen-bond donors (Lipinski definition) is 1. The molecule has 0 radical (unpaired) electrons. The number of aryl methyl sites for hydroxylation is 2. The van der Waals surface area contributed by atoms with Crippen LogP contribution < -0.4 is 10.1 Å². The van der Waals surface area contributed by atoms with Gasteiger partial charge < -0.3 is 4.74 Å². The highest BCUT2D eigenvalue weighted by atomic mass is 32.1. The SMILES string of the molecule is Cc1csc(COc2ccc(C(=O)Nc3nnc(C)s3)cc2)n1. The van der Waals surface area contributed by atoms with Crippen molar-refractivity contribution in [3.63, 3.8) is 0 Å². The van der Waals surface area contributed by atoms with Crippen LogP contribution in [0.5, 0.6) is 5.75 Å². The molecule has 1 amide bonds. The number of anilines is 1. The zero-order valence-electron chi connectivity index (χ0n) is 12.6. The Hall–Kier alpha value is -2.32. The second-order valence-corrected chi connectivity index (χ2v) is 6.90. The van der Waals surface area contributed by atoms with Gasteiger partial charge in [0.2, 0.25) is 5.13 Å². The van der Waals surface area contributed by atoms with E-state index in [1.807, 2.05) is 19.2 Å². The van der Waals surface area contributed by atoms with Gasteiger partial charge in [0.25, 0.3) is 5.91 Å². The molecule has 0 saturated heterocycles. The van der Waals surface area contributed by atoms with Crippen LogP contribution in [0.25, 0.3) is 0 Å². The van der Waals surface area contributed by atoms with Gasteiger partial charge in [0, 0.05) is 16.6 Å². The van der Waals surface area contributed by atoms with E-state index < -0.39 is 0 Å². The van der Waals surface area contributed by atoms with Crippen LogP contribution in [0.3, 0.4) is 0 Å². The topological polar surface area (TPSA) is 77.0 Å². The molecule has 1 aromatic carbocycles. The fourth-order valence-electron chi connectivity index (χ4n) is 1.83. The van der Waals surface area contributed by atoms with Crippen LogP contribution in [0.15, 0.2) is 29.6 Å². The number of carbonyl (C=O) groups is 1. The highest BCUT2D eigenvalue weighted by Gasteiger charge is 2.09. The van der Waals surface area contributed by atoms with E-state index in [0.29, 0.717) is 23.1 Å². The summed E-state index contributed by atoms with van der Waals surface area (Å²) in [5, 5.41) is 14.7. The third-order valence-corrected chi connectivity index (χ3v) is 4.59. The second kappa shape index (κ2) is 6.84. The lowest BCUT2D eigenvalue weighted by Gasteiger charge is -2.05. The average molecular weight is 346 g/mol. The molecule has 0 aliphatic carbocycles. The number of nitrogens with zero attached hydrogens (tertiary/aromatic N) is 3. The predicted octanol–water partition coefficient (Wildman–Crippen LogP) is 3.44. The summed E-state index contributed by atoms with van der Waals surface area (Å²) >= 11 is 2.91. The molecule has 3 rings (SSSR count). The molecule has 8 heteroatoms. The van der Waals surface area contributed by atoms with Gasteiger partial charge in [0.05, 0.1) is 0 Å². The van der Waals surface area contributed by atoms with E-state index in [-0.39, 0.29) is 5.91 Å². The van der Waals surface area contributed by atoms with Crippen molar-refractivity contribution in [2.45, 2.75) is 20.5 Å². The first-order chi connectivity index (χ1) is 11.1. The lowest BCUT2D eigenvalue weighted by molar-refractivity contribution is 0.102. The maximum atomic E-state index is 12.1. The molecule has 1 N–H and O–H groups in total. The van der Waals surface area contributed by atoms with Crippen molar-refractivity contribution in [3.8, 4) is 5.75 Å². The molecule has 0 aliphatic rings. The lowest BCUT2D eigenvalue weighted by atomic mass is 10.2. The Kier molecular flexibility index (Phi) is 4.63. The van der Waals surface area contributed by atoms with Crippen LogP contribution in [-0.2, 0) is 6.61 Å². The van der Waals surface area contributed by atoms with Crippen molar-refractivity contribution in [2.75, 3.05) is 5.32 Å². The Morgan fingerprint density at radius 2 is 2.00 bits per heavy atom. The van der Waals surface area contributed by atoms with Crippen molar-refractivity contribution < 1.29 is 9.53 Å². The van der Waals surface area contributed by atoms with Crippen LogP contribution >= 0.6 is 22.7 Å². The summed E-state index contributed by atoms with van der Waals surface area (Å²) in [6.07, 6.45) is 0. The third-order valence-electron chi connectivity index (χ3n) is 2.89. The Labute approximate surface area is 141 Å². The number of nitrogens with one attached hydrogen (secondary N) is 1. The minimum atomic E-state index is -0.219. The van der Waals surface area contributed by atoms with E-state index in [1.54, 1.807) is 35.6 Å². The first-order valence-electron chi connectivity index (χ1n) is 6.85. The van der Waals surface area contributed by atoms with E-state index in [4.69, 9.17) is 4.74 Å². The molecular formula is C15H14N4O2S2. The van der Waals surface area contributed by atoms with Gasteiger partial charge in [-0.15, -0.1) is 21.5 Å². The van der Waals surface area contributed by atoms with E-state index in [1.165, 1.54) is 11.3 Å². The number of amides is 1. The minimum absolute atomic E-state index is 0.219. The molecule has 23 heavy (non-hydrogen) atoms. The zero-order valence-corrected chi connectivity index (χ0v) is 14.2. The molecule has 3 aromatic rings. The molecule has 0 bridgehead atoms. The zero-order chi connectivity index (χ0) is 16.2. The maximum absolute atomic E-state index is 12.1. The normalized spacial score (nSPS) is 10.5. The van der Waals surface area contributed by atoms with Gasteiger partial charge in [-0.05, 0) is 38.1 Å². The molecular weight excluding hydrogens is 332 g/mol. The molecule has 118 valence electrons. The molecule has 0 atom stereocenters. The quantitative estimate of drug-likeness (QED) is 0.766. The first kappa shape index (κ1) is 15.6. The Bertz CT molecular complexity index is 811. The summed E-state index contributed by atoms with van der Waals surface area (Å²) in [6, 6.07) is 6.96. The fourth-order valence-corrected chi connectivity index (χ4v) is 3.10. The standard InChI is InChI=1S/C15H14N4O2S2/c1-9-8-22-13(16-9)7-21-12-5-3-11(4-6-12)14(20)17-15-19-18-10(2)23-15/h3-6,8H,7H2,1-2H3,(H,17,19,20). The van der Waals surface area contributed by atoms with Crippen LogP contribution in [0.2, 0.25) is 0 Å². The summed E-state index contributed by atoms with van der Waals surface area (Å²) in [4.78, 5) is 16.4. The maximum Gasteiger partial charge on any atom is 0.257 e. The Morgan fingerprint density at radius 3 is 2.61 bits per heavy atom. The van der Waals surface area contributed by atoms with Crippen molar-refractivity contribution >= 4 is 33.7 Å². The first-order valence-corrected chi connectivity index (χ1v) is 8.55. The van der Waals surface area contributed by atoms with Crippen LogP contribution in [-0.4, -0.2) is 21.1 Å². The van der Waals surface area contributed by atoms with Gasteiger partial charge in [0.1, 0.15) is 22.4 Å². The van der Waals surface area contributed by atoms with Crippen molar-refractivity contribution in [3.05, 3.63) is 50.9 Å². The summed E-state index contributed by atoms with van der Waals surface area (Å²) < 4.78 is 5.66. The molecule has 0 aliphatic heterocycles. The van der Waals surface area contributed by atoms with E-state index >= 15 is 0 Å². The minimum Gasteiger partial charge on any atom is -0.486 e. The average Bonchev–Trinajstić information content (AvgIpc) is 3.14. The molecule has 2 heterocycles. The smallest absolute Gasteiger partial charge is 0.257 e. The summed E-state index contributed by atoms with van der Waals surface area (Å²) in [7, 11) is 0. The lowest BCUT2D eigenvalue weighted by Crippen LogP contribution is -2.11. The second-order valence-electron chi connectivity index (χ2n) is 4.78. The number of benzene rings is 1. The summed E-state index contributed by atoms with van der Waals surface area (Å²) in [6.45, 7) is 4.21. The van der Waals surface area contributed by atoms with E-state index in [0.717, 1.165) is 15.7 Å².